The molecule has 2 aromatic rings. The van der Waals surface area contributed by atoms with Gasteiger partial charge in [-0.3, -0.25) is 4.79 Å². The van der Waals surface area contributed by atoms with Crippen LogP contribution in [0.4, 0.5) is 5.82 Å². The summed E-state index contributed by atoms with van der Waals surface area (Å²) in [5.74, 6) is 0.391. The van der Waals surface area contributed by atoms with Gasteiger partial charge in [-0.1, -0.05) is 0 Å². The molecule has 0 saturated heterocycles. The maximum atomic E-state index is 10.8. The van der Waals surface area contributed by atoms with Gasteiger partial charge < -0.3 is 10.7 Å². The molecular formula is C7H6N4O. The lowest BCUT2D eigenvalue weighted by molar-refractivity contribution is 1.20. The average molecular weight is 162 g/mol. The number of H-pyrrole nitrogens is 1. The normalized spacial score (nSPS) is 10.3. The minimum absolute atomic E-state index is 0.242. The predicted molar refractivity (Wildman–Crippen MR) is 44.6 cm³/mol. The van der Waals surface area contributed by atoms with E-state index in [1.807, 2.05) is 0 Å². The highest BCUT2D eigenvalue weighted by Gasteiger charge is 1.95. The number of rotatable bonds is 0. The minimum atomic E-state index is -0.242. The zero-order valence-electron chi connectivity index (χ0n) is 6.11. The number of anilines is 1. The van der Waals surface area contributed by atoms with Crippen molar-refractivity contribution in [3.05, 3.63) is 28.8 Å². The number of nitrogens with two attached hydrogens (primary N) is 1. The topological polar surface area (TPSA) is 84.7 Å². The summed E-state index contributed by atoms with van der Waals surface area (Å²) in [6.45, 7) is 0. The van der Waals surface area contributed by atoms with Gasteiger partial charge in [0, 0.05) is 6.07 Å². The Balaban J connectivity index is 2.87. The maximum absolute atomic E-state index is 10.8. The van der Waals surface area contributed by atoms with Crippen LogP contribution >= 0.6 is 0 Å². The molecule has 0 aliphatic rings. The average Bonchev–Trinajstić information content (AvgIpc) is 2.05. The molecule has 5 heteroatoms. The number of aromatic amines is 1. The van der Waals surface area contributed by atoms with E-state index in [1.54, 1.807) is 6.07 Å². The molecule has 0 bridgehead atoms. The molecule has 0 unspecified atom stereocenters. The van der Waals surface area contributed by atoms with Crippen molar-refractivity contribution in [2.24, 2.45) is 0 Å². The fraction of sp³-hybridized carbons (Fsp3) is 0. The number of aromatic nitrogens is 3. The summed E-state index contributed by atoms with van der Waals surface area (Å²) >= 11 is 0. The highest BCUT2D eigenvalue weighted by Crippen LogP contribution is 2.06. The Bertz CT molecular complexity index is 476. The highest BCUT2D eigenvalue weighted by molar-refractivity contribution is 5.74. The van der Waals surface area contributed by atoms with Crippen molar-refractivity contribution in [2.45, 2.75) is 0 Å². The van der Waals surface area contributed by atoms with Crippen LogP contribution in [0.1, 0.15) is 0 Å². The molecule has 2 heterocycles. The third-order valence-corrected chi connectivity index (χ3v) is 1.48. The smallest absolute Gasteiger partial charge is 0.266 e. The number of nitrogen functional groups attached to an aromatic ring is 1. The van der Waals surface area contributed by atoms with Crippen molar-refractivity contribution < 1.29 is 0 Å². The Hall–Kier alpha value is -1.91. The second-order valence-corrected chi connectivity index (χ2v) is 2.37. The zero-order valence-corrected chi connectivity index (χ0v) is 6.11. The Labute approximate surface area is 67.3 Å². The van der Waals surface area contributed by atoms with E-state index in [2.05, 4.69) is 15.0 Å². The highest BCUT2D eigenvalue weighted by atomic mass is 16.1. The third kappa shape index (κ3) is 1.01. The lowest BCUT2D eigenvalue weighted by Crippen LogP contribution is -2.05. The molecule has 12 heavy (non-hydrogen) atoms. The van der Waals surface area contributed by atoms with Crippen molar-refractivity contribution in [1.29, 1.82) is 0 Å². The largest absolute Gasteiger partial charge is 0.384 e. The van der Waals surface area contributed by atoms with E-state index in [9.17, 15) is 4.79 Å². The van der Waals surface area contributed by atoms with Crippen LogP contribution in [0.3, 0.4) is 0 Å². The Kier molecular flexibility index (Phi) is 1.30. The van der Waals surface area contributed by atoms with E-state index < -0.39 is 0 Å². The number of pyridine rings is 1. The number of nitrogens with zero attached hydrogens (tertiary/aromatic N) is 2. The zero-order chi connectivity index (χ0) is 8.55. The van der Waals surface area contributed by atoms with E-state index in [0.29, 0.717) is 16.9 Å². The fourth-order valence-electron chi connectivity index (χ4n) is 0.957. The van der Waals surface area contributed by atoms with Gasteiger partial charge in [0.05, 0.1) is 23.4 Å². The number of nitrogens with one attached hydrogen (secondary N) is 1. The molecule has 2 aromatic heterocycles. The lowest BCUT2D eigenvalue weighted by Gasteiger charge is -1.95. The van der Waals surface area contributed by atoms with Crippen LogP contribution in [0.25, 0.3) is 11.0 Å². The molecule has 3 N–H and O–H groups in total. The van der Waals surface area contributed by atoms with E-state index in [-0.39, 0.29) is 5.56 Å². The Morgan fingerprint density at radius 3 is 3.00 bits per heavy atom. The van der Waals surface area contributed by atoms with Crippen LogP contribution in [-0.4, -0.2) is 15.0 Å². The van der Waals surface area contributed by atoms with E-state index >= 15 is 0 Å². The summed E-state index contributed by atoms with van der Waals surface area (Å²) in [7, 11) is 0. The fourth-order valence-corrected chi connectivity index (χ4v) is 0.957. The second-order valence-electron chi connectivity index (χ2n) is 2.37. The van der Waals surface area contributed by atoms with Gasteiger partial charge in [0.25, 0.3) is 5.56 Å². The van der Waals surface area contributed by atoms with Crippen LogP contribution in [0, 0.1) is 0 Å². The van der Waals surface area contributed by atoms with Crippen LogP contribution in [0.15, 0.2) is 23.3 Å². The summed E-state index contributed by atoms with van der Waals surface area (Å²) in [5, 5.41) is 0. The third-order valence-electron chi connectivity index (χ3n) is 1.48. The van der Waals surface area contributed by atoms with Crippen LogP contribution in [-0.2, 0) is 0 Å². The van der Waals surface area contributed by atoms with Gasteiger partial charge in [-0.2, -0.15) is 0 Å². The number of hydrogen-bond donors (Lipinski definition) is 2. The van der Waals surface area contributed by atoms with Crippen LogP contribution in [0.5, 0.6) is 0 Å². The second kappa shape index (κ2) is 2.30. The molecule has 2 rings (SSSR count). The van der Waals surface area contributed by atoms with Gasteiger partial charge in [0.2, 0.25) is 0 Å². The van der Waals surface area contributed by atoms with E-state index in [4.69, 9.17) is 5.73 Å². The molecule has 0 saturated carbocycles. The summed E-state index contributed by atoms with van der Waals surface area (Å²) in [6.07, 6.45) is 2.70. The van der Waals surface area contributed by atoms with Gasteiger partial charge >= 0.3 is 0 Å². The molecule has 0 atom stereocenters. The molecule has 0 fully saturated rings. The first-order valence-electron chi connectivity index (χ1n) is 3.36. The SMILES string of the molecule is Nc1cc2ncc(=O)[nH]c2cn1. The molecule has 5 nitrogen and oxygen atoms in total. The molecular weight excluding hydrogens is 156 g/mol. The quantitative estimate of drug-likeness (QED) is 0.566. The van der Waals surface area contributed by atoms with Gasteiger partial charge in [-0.25, -0.2) is 9.97 Å². The lowest BCUT2D eigenvalue weighted by atomic mass is 10.4. The van der Waals surface area contributed by atoms with Crippen molar-refractivity contribution in [2.75, 3.05) is 5.73 Å². The van der Waals surface area contributed by atoms with Gasteiger partial charge in [0.15, 0.2) is 0 Å². The van der Waals surface area contributed by atoms with E-state index in [0.717, 1.165) is 0 Å². The number of fused-ring (bicyclic) bond motifs is 1. The predicted octanol–water partition coefficient (Wildman–Crippen LogP) is -0.0997. The molecule has 0 radical (unpaired) electrons. The van der Waals surface area contributed by atoms with Crippen molar-refractivity contribution in [3.63, 3.8) is 0 Å². The molecule has 0 spiro atoms. The molecule has 60 valence electrons. The first-order chi connectivity index (χ1) is 5.75. The maximum Gasteiger partial charge on any atom is 0.266 e. The van der Waals surface area contributed by atoms with Crippen molar-refractivity contribution in [1.82, 2.24) is 15.0 Å². The first-order valence-corrected chi connectivity index (χ1v) is 3.36. The molecule has 0 aliphatic carbocycles. The molecule has 0 aliphatic heterocycles. The summed E-state index contributed by atoms with van der Waals surface area (Å²) < 4.78 is 0. The minimum Gasteiger partial charge on any atom is -0.384 e. The van der Waals surface area contributed by atoms with Gasteiger partial charge in [0.1, 0.15) is 5.82 Å². The summed E-state index contributed by atoms with van der Waals surface area (Å²) in [5.41, 5.74) is 6.41. The van der Waals surface area contributed by atoms with Crippen molar-refractivity contribution >= 4 is 16.9 Å². The first kappa shape index (κ1) is 6.78. The standard InChI is InChI=1S/C7H6N4O/c8-6-1-4-5(2-10-6)11-7(12)3-9-4/h1-3H,(H2,8,10)(H,11,12). The Morgan fingerprint density at radius 1 is 1.33 bits per heavy atom. The summed E-state index contributed by atoms with van der Waals surface area (Å²) in [4.78, 5) is 21.1. The van der Waals surface area contributed by atoms with Crippen LogP contribution in [0.2, 0.25) is 0 Å². The molecule has 0 amide bonds. The molecule has 0 aromatic carbocycles. The van der Waals surface area contributed by atoms with Crippen LogP contribution < -0.4 is 11.3 Å². The van der Waals surface area contributed by atoms with Gasteiger partial charge in [-0.15, -0.1) is 0 Å². The van der Waals surface area contributed by atoms with Gasteiger partial charge in [-0.05, 0) is 0 Å². The summed E-state index contributed by atoms with van der Waals surface area (Å²) in [6, 6.07) is 1.60. The van der Waals surface area contributed by atoms with E-state index in [1.165, 1.54) is 12.4 Å². The van der Waals surface area contributed by atoms with Crippen molar-refractivity contribution in [3.8, 4) is 0 Å². The monoisotopic (exact) mass is 162 g/mol. The Morgan fingerprint density at radius 2 is 2.17 bits per heavy atom. The number of hydrogen-bond acceptors (Lipinski definition) is 4.